The van der Waals surface area contributed by atoms with Crippen molar-refractivity contribution in [2.75, 3.05) is 10.6 Å². The second-order valence-electron chi connectivity index (χ2n) is 5.37. The van der Waals surface area contributed by atoms with Crippen molar-refractivity contribution in [2.24, 2.45) is 0 Å². The third-order valence-electron chi connectivity index (χ3n) is 3.44. The van der Waals surface area contributed by atoms with Gasteiger partial charge in [-0.15, -0.1) is 11.3 Å². The number of phenolic OH excluding ortho intramolecular Hbond substituents is 1. The molecule has 0 bridgehead atoms. The highest BCUT2D eigenvalue weighted by molar-refractivity contribution is 7.09. The van der Waals surface area contributed by atoms with E-state index in [1.807, 2.05) is 30.6 Å². The molecule has 0 aliphatic heterocycles. The Hall–Kier alpha value is -2.67. The number of rotatable bonds is 6. The maximum atomic E-state index is 9.56. The predicted molar refractivity (Wildman–Crippen MR) is 96.9 cm³/mol. The lowest BCUT2D eigenvalue weighted by Gasteiger charge is -2.16. The van der Waals surface area contributed by atoms with Gasteiger partial charge < -0.3 is 15.7 Å². The van der Waals surface area contributed by atoms with Crippen molar-refractivity contribution in [3.05, 3.63) is 52.6 Å². The zero-order valence-electron chi connectivity index (χ0n) is 13.5. The number of hydrogen-bond donors (Lipinski definition) is 3. The van der Waals surface area contributed by atoms with Crippen LogP contribution in [0.4, 0.5) is 17.5 Å². The Balaban J connectivity index is 1.81. The molecule has 3 N–H and O–H groups in total. The molecule has 1 aromatic carbocycles. The van der Waals surface area contributed by atoms with Gasteiger partial charge in [-0.3, -0.25) is 0 Å². The second kappa shape index (κ2) is 7.27. The van der Waals surface area contributed by atoms with Crippen LogP contribution < -0.4 is 10.6 Å². The number of hydrogen-bond acceptors (Lipinski definition) is 7. The van der Waals surface area contributed by atoms with Gasteiger partial charge in [0, 0.05) is 35.1 Å². The van der Waals surface area contributed by atoms with Crippen molar-refractivity contribution < 1.29 is 5.11 Å². The second-order valence-corrected chi connectivity index (χ2v) is 6.30. The van der Waals surface area contributed by atoms with E-state index in [4.69, 9.17) is 0 Å². The highest BCUT2D eigenvalue weighted by Crippen LogP contribution is 2.25. The molecule has 2 aromatic heterocycles. The molecule has 0 radical (unpaired) electrons. The van der Waals surface area contributed by atoms with Crippen LogP contribution in [0.25, 0.3) is 0 Å². The minimum absolute atomic E-state index is 0.118. The highest BCUT2D eigenvalue weighted by Gasteiger charge is 2.13. The lowest BCUT2D eigenvalue weighted by molar-refractivity contribution is 0.475. The van der Waals surface area contributed by atoms with Gasteiger partial charge in [0.05, 0.1) is 6.04 Å². The molecule has 0 saturated heterocycles. The van der Waals surface area contributed by atoms with Gasteiger partial charge in [0.15, 0.2) is 0 Å². The number of nitrogens with zero attached hydrogens (tertiary/aromatic N) is 3. The Morgan fingerprint density at radius 2 is 2.12 bits per heavy atom. The molecule has 2 heterocycles. The number of benzene rings is 1. The van der Waals surface area contributed by atoms with Crippen LogP contribution >= 0.6 is 11.3 Å². The third kappa shape index (κ3) is 3.99. The zero-order valence-corrected chi connectivity index (χ0v) is 14.3. The van der Waals surface area contributed by atoms with Crippen molar-refractivity contribution in [1.29, 1.82) is 0 Å². The average molecular weight is 341 g/mol. The summed E-state index contributed by atoms with van der Waals surface area (Å²) in [6.45, 7) is 4.03. The summed E-state index contributed by atoms with van der Waals surface area (Å²) < 4.78 is 0. The summed E-state index contributed by atoms with van der Waals surface area (Å²) in [6.07, 6.45) is 2.72. The standard InChI is InChI=1S/C17H19N5OS/c1-3-14(16-18-7-8-24-16)21-15-9-11(2)19-17(22-15)20-12-5-4-6-13(23)10-12/h4-10,14,23H,3H2,1-2H3,(H2,19,20,21,22). The molecule has 1 atom stereocenters. The van der Waals surface area contributed by atoms with Gasteiger partial charge in [-0.25, -0.2) is 9.97 Å². The summed E-state index contributed by atoms with van der Waals surface area (Å²) >= 11 is 1.63. The van der Waals surface area contributed by atoms with E-state index in [0.29, 0.717) is 5.95 Å². The Morgan fingerprint density at radius 3 is 2.83 bits per heavy atom. The maximum absolute atomic E-state index is 9.56. The van der Waals surface area contributed by atoms with Crippen molar-refractivity contribution in [3.63, 3.8) is 0 Å². The fraction of sp³-hybridized carbons (Fsp3) is 0.235. The number of thiazole rings is 1. The van der Waals surface area contributed by atoms with E-state index < -0.39 is 0 Å². The lowest BCUT2D eigenvalue weighted by Crippen LogP contribution is -2.12. The Morgan fingerprint density at radius 1 is 1.25 bits per heavy atom. The molecule has 3 aromatic rings. The van der Waals surface area contributed by atoms with Crippen LogP contribution in [-0.2, 0) is 0 Å². The van der Waals surface area contributed by atoms with Crippen molar-refractivity contribution in [3.8, 4) is 5.75 Å². The minimum atomic E-state index is 0.118. The maximum Gasteiger partial charge on any atom is 0.229 e. The van der Waals surface area contributed by atoms with E-state index >= 15 is 0 Å². The zero-order chi connectivity index (χ0) is 16.9. The normalized spacial score (nSPS) is 11.9. The Bertz CT molecular complexity index is 807. The topological polar surface area (TPSA) is 83.0 Å². The molecule has 1 unspecified atom stereocenters. The van der Waals surface area contributed by atoms with Crippen molar-refractivity contribution in [1.82, 2.24) is 15.0 Å². The predicted octanol–water partition coefficient (Wildman–Crippen LogP) is 4.25. The molecule has 3 rings (SSSR count). The molecule has 0 saturated carbocycles. The first-order chi connectivity index (χ1) is 11.6. The number of aromatic hydroxyl groups is 1. The number of aryl methyl sites for hydroxylation is 1. The van der Waals surface area contributed by atoms with Crippen molar-refractivity contribution in [2.45, 2.75) is 26.3 Å². The molecular weight excluding hydrogens is 322 g/mol. The van der Waals surface area contributed by atoms with E-state index in [0.717, 1.165) is 28.6 Å². The SMILES string of the molecule is CCC(Nc1cc(C)nc(Nc2cccc(O)c2)n1)c1nccs1. The number of aromatic nitrogens is 3. The largest absolute Gasteiger partial charge is 0.508 e. The quantitative estimate of drug-likeness (QED) is 0.621. The lowest BCUT2D eigenvalue weighted by atomic mass is 10.2. The fourth-order valence-electron chi connectivity index (χ4n) is 2.33. The molecule has 0 aliphatic rings. The van der Waals surface area contributed by atoms with Crippen LogP contribution in [0, 0.1) is 6.92 Å². The van der Waals surface area contributed by atoms with Crippen LogP contribution in [0.5, 0.6) is 5.75 Å². The van der Waals surface area contributed by atoms with Gasteiger partial charge in [0.2, 0.25) is 5.95 Å². The fourth-order valence-corrected chi connectivity index (χ4v) is 3.11. The van der Waals surface area contributed by atoms with E-state index in [1.165, 1.54) is 0 Å². The Labute approximate surface area is 144 Å². The smallest absolute Gasteiger partial charge is 0.229 e. The summed E-state index contributed by atoms with van der Waals surface area (Å²) in [5.74, 6) is 1.42. The van der Waals surface area contributed by atoms with E-state index in [-0.39, 0.29) is 11.8 Å². The van der Waals surface area contributed by atoms with Crippen LogP contribution in [-0.4, -0.2) is 20.1 Å². The summed E-state index contributed by atoms with van der Waals surface area (Å²) in [6, 6.07) is 8.89. The number of nitrogens with one attached hydrogen (secondary N) is 2. The first kappa shape index (κ1) is 16.2. The van der Waals surface area contributed by atoms with Gasteiger partial charge in [0.1, 0.15) is 16.6 Å². The first-order valence-electron chi connectivity index (χ1n) is 7.71. The molecule has 0 amide bonds. The van der Waals surface area contributed by atoms with Crippen molar-refractivity contribution >= 4 is 28.8 Å². The van der Waals surface area contributed by atoms with Gasteiger partial charge in [0.25, 0.3) is 0 Å². The van der Waals surface area contributed by atoms with E-state index in [2.05, 4.69) is 32.5 Å². The molecule has 0 spiro atoms. The Kier molecular flexibility index (Phi) is 4.90. The summed E-state index contributed by atoms with van der Waals surface area (Å²) in [7, 11) is 0. The van der Waals surface area contributed by atoms with Gasteiger partial charge in [-0.1, -0.05) is 13.0 Å². The minimum Gasteiger partial charge on any atom is -0.508 e. The number of phenols is 1. The monoisotopic (exact) mass is 341 g/mol. The average Bonchev–Trinajstić information content (AvgIpc) is 3.06. The molecule has 124 valence electrons. The molecule has 24 heavy (non-hydrogen) atoms. The van der Waals surface area contributed by atoms with Crippen LogP contribution in [0.3, 0.4) is 0 Å². The van der Waals surface area contributed by atoms with Crippen LogP contribution in [0.1, 0.15) is 30.1 Å². The molecule has 6 nitrogen and oxygen atoms in total. The molecule has 7 heteroatoms. The third-order valence-corrected chi connectivity index (χ3v) is 4.33. The van der Waals surface area contributed by atoms with Gasteiger partial charge in [-0.2, -0.15) is 4.98 Å². The molecule has 0 fully saturated rings. The van der Waals surface area contributed by atoms with Crippen LogP contribution in [0.2, 0.25) is 0 Å². The number of anilines is 3. The summed E-state index contributed by atoms with van der Waals surface area (Å²) in [5, 5.41) is 19.1. The summed E-state index contributed by atoms with van der Waals surface area (Å²) in [5.41, 5.74) is 1.59. The summed E-state index contributed by atoms with van der Waals surface area (Å²) in [4.78, 5) is 13.3. The highest BCUT2D eigenvalue weighted by atomic mass is 32.1. The van der Waals surface area contributed by atoms with E-state index in [9.17, 15) is 5.11 Å². The van der Waals surface area contributed by atoms with Gasteiger partial charge in [-0.05, 0) is 25.5 Å². The molecular formula is C17H19N5OS. The first-order valence-corrected chi connectivity index (χ1v) is 8.59. The van der Waals surface area contributed by atoms with Crippen LogP contribution in [0.15, 0.2) is 41.9 Å². The van der Waals surface area contributed by atoms with E-state index in [1.54, 1.807) is 29.5 Å². The van der Waals surface area contributed by atoms with Gasteiger partial charge >= 0.3 is 0 Å². The molecule has 0 aliphatic carbocycles.